The van der Waals surface area contributed by atoms with Gasteiger partial charge in [0.25, 0.3) is 5.91 Å². The SMILES string of the molecule is Cn1c(SCC(=O)NN=Cc2ccc(O)cc2O)nnc1-c1cccc(Br)c1. The number of aromatic hydroxyl groups is 2. The Morgan fingerprint density at radius 3 is 2.86 bits per heavy atom. The fraction of sp³-hybridized carbons (Fsp3) is 0.111. The smallest absolute Gasteiger partial charge is 0.250 e. The zero-order valence-electron chi connectivity index (χ0n) is 14.7. The van der Waals surface area contributed by atoms with Gasteiger partial charge in [0.2, 0.25) is 0 Å². The summed E-state index contributed by atoms with van der Waals surface area (Å²) in [5.74, 6) is 0.285. The second kappa shape index (κ2) is 8.89. The van der Waals surface area contributed by atoms with E-state index in [4.69, 9.17) is 0 Å². The van der Waals surface area contributed by atoms with Crippen molar-refractivity contribution >= 4 is 39.8 Å². The van der Waals surface area contributed by atoms with E-state index in [0.29, 0.717) is 16.5 Å². The van der Waals surface area contributed by atoms with E-state index in [1.807, 2.05) is 35.9 Å². The molecule has 3 rings (SSSR count). The minimum absolute atomic E-state index is 0.0546. The molecule has 0 aliphatic heterocycles. The summed E-state index contributed by atoms with van der Waals surface area (Å²) in [6.07, 6.45) is 1.30. The fourth-order valence-electron chi connectivity index (χ4n) is 2.30. The quantitative estimate of drug-likeness (QED) is 0.295. The number of phenolic OH excluding ortho intramolecular Hbond substituents is 2. The van der Waals surface area contributed by atoms with E-state index in [1.165, 1.54) is 36.2 Å². The van der Waals surface area contributed by atoms with Gasteiger partial charge in [-0.2, -0.15) is 5.10 Å². The molecular formula is C18H16BrN5O3S. The van der Waals surface area contributed by atoms with E-state index in [-0.39, 0.29) is 23.2 Å². The van der Waals surface area contributed by atoms with Crippen LogP contribution >= 0.6 is 27.7 Å². The highest BCUT2D eigenvalue weighted by molar-refractivity contribution is 9.10. The highest BCUT2D eigenvalue weighted by Gasteiger charge is 2.13. The van der Waals surface area contributed by atoms with Crippen molar-refractivity contribution in [2.24, 2.45) is 12.1 Å². The van der Waals surface area contributed by atoms with Crippen LogP contribution in [0, 0.1) is 0 Å². The first-order valence-corrected chi connectivity index (χ1v) is 9.84. The number of hydrazone groups is 1. The lowest BCUT2D eigenvalue weighted by Gasteiger charge is -2.04. The Morgan fingerprint density at radius 1 is 1.29 bits per heavy atom. The monoisotopic (exact) mass is 461 g/mol. The lowest BCUT2D eigenvalue weighted by molar-refractivity contribution is -0.118. The van der Waals surface area contributed by atoms with Gasteiger partial charge >= 0.3 is 0 Å². The predicted octanol–water partition coefficient (Wildman–Crippen LogP) is 2.90. The molecule has 1 amide bonds. The summed E-state index contributed by atoms with van der Waals surface area (Å²) in [5, 5.41) is 31.6. The van der Waals surface area contributed by atoms with E-state index in [9.17, 15) is 15.0 Å². The number of hydrogen-bond donors (Lipinski definition) is 3. The minimum Gasteiger partial charge on any atom is -0.508 e. The molecule has 3 aromatic rings. The average molecular weight is 462 g/mol. The zero-order chi connectivity index (χ0) is 20.1. The fourth-order valence-corrected chi connectivity index (χ4v) is 3.40. The van der Waals surface area contributed by atoms with E-state index < -0.39 is 0 Å². The lowest BCUT2D eigenvalue weighted by atomic mass is 10.2. The van der Waals surface area contributed by atoms with Crippen molar-refractivity contribution in [1.82, 2.24) is 20.2 Å². The molecule has 3 N–H and O–H groups in total. The molecule has 1 aromatic heterocycles. The summed E-state index contributed by atoms with van der Waals surface area (Å²) in [7, 11) is 1.84. The number of rotatable bonds is 6. The van der Waals surface area contributed by atoms with Crippen LogP contribution in [0.25, 0.3) is 11.4 Å². The van der Waals surface area contributed by atoms with Crippen molar-refractivity contribution < 1.29 is 15.0 Å². The molecule has 0 spiro atoms. The summed E-state index contributed by atoms with van der Waals surface area (Å²) < 4.78 is 2.76. The Labute approximate surface area is 173 Å². The maximum absolute atomic E-state index is 12.0. The van der Waals surface area contributed by atoms with Gasteiger partial charge in [-0.05, 0) is 24.3 Å². The number of nitrogens with one attached hydrogen (secondary N) is 1. The Balaban J connectivity index is 1.57. The third-order valence-corrected chi connectivity index (χ3v) is 5.17. The highest BCUT2D eigenvalue weighted by Crippen LogP contribution is 2.25. The van der Waals surface area contributed by atoms with Crippen LogP contribution in [0.1, 0.15) is 5.56 Å². The lowest BCUT2D eigenvalue weighted by Crippen LogP contribution is -2.19. The molecule has 0 saturated carbocycles. The standard InChI is InChI=1S/C18H16BrN5O3S/c1-24-17(11-3-2-4-13(19)7-11)22-23-18(24)28-10-16(27)21-20-9-12-5-6-14(25)8-15(12)26/h2-9,25-26H,10H2,1H3,(H,21,27). The molecule has 10 heteroatoms. The zero-order valence-corrected chi connectivity index (χ0v) is 17.1. The van der Waals surface area contributed by atoms with Crippen molar-refractivity contribution in [3.8, 4) is 22.9 Å². The molecule has 0 bridgehead atoms. The molecule has 0 unspecified atom stereocenters. The van der Waals surface area contributed by atoms with Crippen LogP contribution in [0.4, 0.5) is 0 Å². The predicted molar refractivity (Wildman–Crippen MR) is 110 cm³/mol. The summed E-state index contributed by atoms with van der Waals surface area (Å²) in [6, 6.07) is 11.8. The second-order valence-corrected chi connectivity index (χ2v) is 7.56. The summed E-state index contributed by atoms with van der Waals surface area (Å²) >= 11 is 4.67. The number of phenols is 2. The topological polar surface area (TPSA) is 113 Å². The Hall–Kier alpha value is -2.85. The van der Waals surface area contributed by atoms with Crippen molar-refractivity contribution in [2.45, 2.75) is 5.16 Å². The third kappa shape index (κ3) is 4.90. The van der Waals surface area contributed by atoms with Gasteiger partial charge in [-0.1, -0.05) is 39.8 Å². The van der Waals surface area contributed by atoms with Crippen molar-refractivity contribution in [3.05, 3.63) is 52.5 Å². The molecule has 0 aliphatic carbocycles. The van der Waals surface area contributed by atoms with Crippen LogP contribution in [0.15, 0.2) is 57.2 Å². The Kier molecular flexibility index (Phi) is 6.32. The molecule has 0 radical (unpaired) electrons. The van der Waals surface area contributed by atoms with E-state index in [2.05, 4.69) is 36.7 Å². The second-order valence-electron chi connectivity index (χ2n) is 5.70. The van der Waals surface area contributed by atoms with Gasteiger partial charge in [0.05, 0.1) is 12.0 Å². The number of carbonyl (C=O) groups is 1. The number of nitrogens with zero attached hydrogens (tertiary/aromatic N) is 4. The van der Waals surface area contributed by atoms with E-state index >= 15 is 0 Å². The van der Waals surface area contributed by atoms with Crippen LogP contribution in [-0.4, -0.2) is 42.9 Å². The first-order valence-electron chi connectivity index (χ1n) is 8.06. The minimum atomic E-state index is -0.327. The van der Waals surface area contributed by atoms with Crippen molar-refractivity contribution in [3.63, 3.8) is 0 Å². The first-order chi connectivity index (χ1) is 13.4. The molecule has 144 valence electrons. The highest BCUT2D eigenvalue weighted by atomic mass is 79.9. The Morgan fingerprint density at radius 2 is 2.11 bits per heavy atom. The van der Waals surface area contributed by atoms with E-state index in [0.717, 1.165) is 10.0 Å². The van der Waals surface area contributed by atoms with Gasteiger partial charge in [0.1, 0.15) is 11.5 Å². The number of benzene rings is 2. The number of hydrogen-bond acceptors (Lipinski definition) is 7. The summed E-state index contributed by atoms with van der Waals surface area (Å²) in [4.78, 5) is 12.0. The van der Waals surface area contributed by atoms with Crippen LogP contribution in [0.5, 0.6) is 11.5 Å². The normalized spacial score (nSPS) is 11.1. The Bertz CT molecular complexity index is 1040. The molecule has 0 aliphatic rings. The van der Waals surface area contributed by atoms with Gasteiger partial charge in [-0.3, -0.25) is 4.79 Å². The summed E-state index contributed by atoms with van der Waals surface area (Å²) in [5.41, 5.74) is 3.67. The maximum Gasteiger partial charge on any atom is 0.250 e. The average Bonchev–Trinajstić information content (AvgIpc) is 3.02. The number of aromatic nitrogens is 3. The van der Waals surface area contributed by atoms with Gasteiger partial charge in [-0.25, -0.2) is 5.43 Å². The molecule has 1 heterocycles. The first kappa shape index (κ1) is 19.9. The molecule has 8 nitrogen and oxygen atoms in total. The van der Waals surface area contributed by atoms with Gasteiger partial charge in [0.15, 0.2) is 11.0 Å². The number of amides is 1. The third-order valence-electron chi connectivity index (χ3n) is 3.66. The molecule has 0 atom stereocenters. The molecule has 28 heavy (non-hydrogen) atoms. The van der Waals surface area contributed by atoms with Gasteiger partial charge in [0, 0.05) is 28.7 Å². The molecule has 2 aromatic carbocycles. The molecule has 0 saturated heterocycles. The number of carbonyl (C=O) groups excluding carboxylic acids is 1. The summed E-state index contributed by atoms with van der Waals surface area (Å²) in [6.45, 7) is 0. The largest absolute Gasteiger partial charge is 0.508 e. The van der Waals surface area contributed by atoms with Crippen LogP contribution < -0.4 is 5.43 Å². The van der Waals surface area contributed by atoms with Crippen molar-refractivity contribution in [2.75, 3.05) is 5.75 Å². The molecular weight excluding hydrogens is 446 g/mol. The maximum atomic E-state index is 12.0. The van der Waals surface area contributed by atoms with Gasteiger partial charge in [-0.15, -0.1) is 10.2 Å². The van der Waals surface area contributed by atoms with Crippen LogP contribution in [0.3, 0.4) is 0 Å². The van der Waals surface area contributed by atoms with Gasteiger partial charge < -0.3 is 14.8 Å². The number of thioether (sulfide) groups is 1. The van der Waals surface area contributed by atoms with Crippen LogP contribution in [-0.2, 0) is 11.8 Å². The van der Waals surface area contributed by atoms with E-state index in [1.54, 1.807) is 0 Å². The molecule has 0 fully saturated rings. The number of halogens is 1. The van der Waals surface area contributed by atoms with Crippen LogP contribution in [0.2, 0.25) is 0 Å². The van der Waals surface area contributed by atoms with Crippen molar-refractivity contribution in [1.29, 1.82) is 0 Å².